The first-order chi connectivity index (χ1) is 13.0. The molecule has 1 aliphatic rings. The first kappa shape index (κ1) is 19.2. The van der Waals surface area contributed by atoms with Gasteiger partial charge in [0.05, 0.1) is 4.91 Å². The Morgan fingerprint density at radius 1 is 0.889 bits per heavy atom. The Balaban J connectivity index is 1.95. The number of urea groups is 1. The number of benzene rings is 2. The topological polar surface area (TPSA) is 75.3 Å². The van der Waals surface area contributed by atoms with Crippen molar-refractivity contribution in [3.8, 4) is 0 Å². The average Bonchev–Trinajstić information content (AvgIpc) is 3.15. The van der Waals surface area contributed by atoms with E-state index in [1.54, 1.807) is 31.2 Å². The van der Waals surface area contributed by atoms with Crippen LogP contribution >= 0.6 is 0 Å². The summed E-state index contributed by atoms with van der Waals surface area (Å²) in [4.78, 5) is 12.4. The zero-order chi connectivity index (χ0) is 19.3. The van der Waals surface area contributed by atoms with E-state index in [0.29, 0.717) is 11.1 Å². The standard InChI is InChI=1S/C21H24N2O3S/c1-16(17-10-4-2-5-11-17)20(18-12-6-3-7-13-18)27(25,26)23-21(24)22-19-14-8-9-15-19/h2-7,10-13,19H,8-9,14-15H2,1H3,(H2,22,23,24)/b20-16-. The van der Waals surface area contributed by atoms with Crippen LogP contribution in [-0.2, 0) is 10.0 Å². The first-order valence-corrected chi connectivity index (χ1v) is 10.6. The summed E-state index contributed by atoms with van der Waals surface area (Å²) < 4.78 is 28.4. The van der Waals surface area contributed by atoms with Gasteiger partial charge in [0.25, 0.3) is 10.0 Å². The highest BCUT2D eigenvalue weighted by Gasteiger charge is 2.26. The second-order valence-corrected chi connectivity index (χ2v) is 8.37. The molecule has 6 heteroatoms. The number of hydrogen-bond donors (Lipinski definition) is 2. The molecule has 0 spiro atoms. The number of hydrogen-bond acceptors (Lipinski definition) is 3. The number of nitrogens with one attached hydrogen (secondary N) is 2. The summed E-state index contributed by atoms with van der Waals surface area (Å²) in [6, 6.07) is 17.5. The minimum Gasteiger partial charge on any atom is -0.335 e. The third-order valence-electron chi connectivity index (χ3n) is 4.77. The normalized spacial score (nSPS) is 15.9. The Hall–Kier alpha value is -2.60. The van der Waals surface area contributed by atoms with Gasteiger partial charge >= 0.3 is 6.03 Å². The van der Waals surface area contributed by atoms with Gasteiger partial charge < -0.3 is 5.32 Å². The number of carbonyl (C=O) groups excluding carboxylic acids is 1. The summed E-state index contributed by atoms with van der Waals surface area (Å²) in [5.74, 6) is 0. The van der Waals surface area contributed by atoms with E-state index in [-0.39, 0.29) is 10.9 Å². The van der Waals surface area contributed by atoms with E-state index in [1.807, 2.05) is 36.4 Å². The van der Waals surface area contributed by atoms with Gasteiger partial charge in [0, 0.05) is 6.04 Å². The predicted molar refractivity (Wildman–Crippen MR) is 108 cm³/mol. The fraction of sp³-hybridized carbons (Fsp3) is 0.286. The molecule has 0 radical (unpaired) electrons. The molecule has 1 fully saturated rings. The Morgan fingerprint density at radius 3 is 1.96 bits per heavy atom. The molecule has 2 aromatic rings. The lowest BCUT2D eigenvalue weighted by Gasteiger charge is -2.17. The summed E-state index contributed by atoms with van der Waals surface area (Å²) in [6.07, 6.45) is 3.88. The van der Waals surface area contributed by atoms with Crippen molar-refractivity contribution in [1.82, 2.24) is 10.0 Å². The molecule has 2 N–H and O–H groups in total. The molecular formula is C21H24N2O3S. The zero-order valence-electron chi connectivity index (χ0n) is 15.3. The van der Waals surface area contributed by atoms with Crippen LogP contribution in [0.5, 0.6) is 0 Å². The van der Waals surface area contributed by atoms with Crippen molar-refractivity contribution in [3.05, 3.63) is 71.8 Å². The SMILES string of the molecule is C/C(=C(\c1ccccc1)S(=O)(=O)NC(=O)NC1CCCC1)c1ccccc1. The third-order valence-corrected chi connectivity index (χ3v) is 6.30. The molecular weight excluding hydrogens is 360 g/mol. The Morgan fingerprint density at radius 2 is 1.41 bits per heavy atom. The van der Waals surface area contributed by atoms with Gasteiger partial charge in [0.2, 0.25) is 0 Å². The van der Waals surface area contributed by atoms with Crippen LogP contribution < -0.4 is 10.0 Å². The highest BCUT2D eigenvalue weighted by atomic mass is 32.2. The van der Waals surface area contributed by atoms with Crippen molar-refractivity contribution in [2.24, 2.45) is 0 Å². The van der Waals surface area contributed by atoms with Crippen LogP contribution in [0.3, 0.4) is 0 Å². The molecule has 0 saturated heterocycles. The van der Waals surface area contributed by atoms with Gasteiger partial charge in [0.15, 0.2) is 0 Å². The smallest absolute Gasteiger partial charge is 0.328 e. The van der Waals surface area contributed by atoms with Crippen molar-refractivity contribution in [2.45, 2.75) is 38.6 Å². The number of sulfonamides is 1. The third kappa shape index (κ3) is 4.77. The van der Waals surface area contributed by atoms with E-state index in [4.69, 9.17) is 0 Å². The number of allylic oxidation sites excluding steroid dienone is 1. The predicted octanol–water partition coefficient (Wildman–Crippen LogP) is 4.15. The van der Waals surface area contributed by atoms with E-state index >= 15 is 0 Å². The van der Waals surface area contributed by atoms with E-state index in [2.05, 4.69) is 10.0 Å². The minimum atomic E-state index is -4.05. The molecule has 0 bridgehead atoms. The quantitative estimate of drug-likeness (QED) is 0.761. The maximum atomic E-state index is 13.1. The van der Waals surface area contributed by atoms with Crippen molar-refractivity contribution >= 4 is 26.5 Å². The molecule has 2 amide bonds. The monoisotopic (exact) mass is 384 g/mol. The summed E-state index contributed by atoms with van der Waals surface area (Å²) in [6.45, 7) is 1.76. The molecule has 0 aliphatic heterocycles. The number of rotatable bonds is 5. The largest absolute Gasteiger partial charge is 0.335 e. The van der Waals surface area contributed by atoms with Crippen LogP contribution in [0, 0.1) is 0 Å². The van der Waals surface area contributed by atoms with E-state index in [0.717, 1.165) is 31.2 Å². The van der Waals surface area contributed by atoms with E-state index in [1.165, 1.54) is 0 Å². The second kappa shape index (κ2) is 8.39. The molecule has 0 unspecified atom stereocenters. The van der Waals surface area contributed by atoms with Gasteiger partial charge in [-0.15, -0.1) is 0 Å². The van der Waals surface area contributed by atoms with Crippen LogP contribution in [-0.4, -0.2) is 20.5 Å². The fourth-order valence-corrected chi connectivity index (χ4v) is 4.81. The molecule has 3 rings (SSSR count). The Kier molecular flexibility index (Phi) is 5.96. The van der Waals surface area contributed by atoms with Crippen molar-refractivity contribution < 1.29 is 13.2 Å². The molecule has 27 heavy (non-hydrogen) atoms. The fourth-order valence-electron chi connectivity index (χ4n) is 3.44. The van der Waals surface area contributed by atoms with E-state index < -0.39 is 16.1 Å². The summed E-state index contributed by atoms with van der Waals surface area (Å²) in [5.41, 5.74) is 1.92. The van der Waals surface area contributed by atoms with Crippen molar-refractivity contribution in [2.75, 3.05) is 0 Å². The van der Waals surface area contributed by atoms with Crippen LogP contribution in [0.25, 0.3) is 10.5 Å². The summed E-state index contributed by atoms with van der Waals surface area (Å²) in [7, 11) is -4.05. The summed E-state index contributed by atoms with van der Waals surface area (Å²) in [5, 5.41) is 2.77. The lowest BCUT2D eigenvalue weighted by Crippen LogP contribution is -2.43. The summed E-state index contributed by atoms with van der Waals surface area (Å²) >= 11 is 0. The Bertz CT molecular complexity index is 916. The van der Waals surface area contributed by atoms with Crippen molar-refractivity contribution in [3.63, 3.8) is 0 Å². The highest BCUT2D eigenvalue weighted by molar-refractivity contribution is 7.99. The Labute approximate surface area is 160 Å². The molecule has 0 atom stereocenters. The maximum Gasteiger partial charge on any atom is 0.328 e. The first-order valence-electron chi connectivity index (χ1n) is 9.12. The van der Waals surface area contributed by atoms with Gasteiger partial charge in [-0.2, -0.15) is 0 Å². The molecule has 1 saturated carbocycles. The molecule has 5 nitrogen and oxygen atoms in total. The molecule has 0 aromatic heterocycles. The van der Waals surface area contributed by atoms with Crippen LogP contribution in [0.1, 0.15) is 43.7 Å². The highest BCUT2D eigenvalue weighted by Crippen LogP contribution is 2.30. The lowest BCUT2D eigenvalue weighted by atomic mass is 10.0. The molecule has 0 heterocycles. The van der Waals surface area contributed by atoms with Crippen LogP contribution in [0.2, 0.25) is 0 Å². The van der Waals surface area contributed by atoms with E-state index in [9.17, 15) is 13.2 Å². The van der Waals surface area contributed by atoms with Crippen LogP contribution in [0.15, 0.2) is 60.7 Å². The molecule has 2 aromatic carbocycles. The lowest BCUT2D eigenvalue weighted by molar-refractivity contribution is 0.242. The molecule has 142 valence electrons. The number of amides is 2. The maximum absolute atomic E-state index is 13.1. The van der Waals surface area contributed by atoms with Gasteiger partial charge in [-0.3, -0.25) is 0 Å². The van der Waals surface area contributed by atoms with Gasteiger partial charge in [-0.05, 0) is 36.5 Å². The molecule has 1 aliphatic carbocycles. The minimum absolute atomic E-state index is 0.0413. The zero-order valence-corrected chi connectivity index (χ0v) is 16.1. The van der Waals surface area contributed by atoms with Gasteiger partial charge in [-0.25, -0.2) is 17.9 Å². The van der Waals surface area contributed by atoms with Gasteiger partial charge in [-0.1, -0.05) is 73.5 Å². The average molecular weight is 385 g/mol. The van der Waals surface area contributed by atoms with Gasteiger partial charge in [0.1, 0.15) is 0 Å². The number of carbonyl (C=O) groups is 1. The van der Waals surface area contributed by atoms with Crippen LogP contribution in [0.4, 0.5) is 4.79 Å². The second-order valence-electron chi connectivity index (χ2n) is 6.75. The van der Waals surface area contributed by atoms with Crippen molar-refractivity contribution in [1.29, 1.82) is 0 Å².